The molecule has 4 nitrogen and oxygen atoms in total. The molecule has 0 N–H and O–H groups in total. The van der Waals surface area contributed by atoms with Gasteiger partial charge in [0.25, 0.3) is 0 Å². The highest BCUT2D eigenvalue weighted by Crippen LogP contribution is 2.31. The fourth-order valence-corrected chi connectivity index (χ4v) is 4.84. The van der Waals surface area contributed by atoms with Crippen molar-refractivity contribution in [3.8, 4) is 0 Å². The van der Waals surface area contributed by atoms with Crippen molar-refractivity contribution in [2.24, 2.45) is 0 Å². The van der Waals surface area contributed by atoms with E-state index in [2.05, 4.69) is 11.0 Å². The predicted molar refractivity (Wildman–Crippen MR) is 129 cm³/mol. The number of anilines is 1. The van der Waals surface area contributed by atoms with Crippen molar-refractivity contribution in [3.63, 3.8) is 0 Å². The second-order valence-electron chi connectivity index (χ2n) is 7.17. The van der Waals surface area contributed by atoms with E-state index in [0.717, 1.165) is 44.5 Å². The van der Waals surface area contributed by atoms with Gasteiger partial charge in [-0.1, -0.05) is 23.5 Å². The summed E-state index contributed by atoms with van der Waals surface area (Å²) in [6, 6.07) is 12.6. The number of thiazole rings is 1. The molecule has 0 aliphatic rings. The molecule has 0 aliphatic carbocycles. The lowest BCUT2D eigenvalue weighted by molar-refractivity contribution is -0.118. The molecule has 162 valence electrons. The highest BCUT2D eigenvalue weighted by atomic mass is 35.5. The van der Waals surface area contributed by atoms with Crippen LogP contribution in [0.15, 0.2) is 47.4 Å². The Morgan fingerprint density at radius 2 is 1.87 bits per heavy atom. The molecule has 3 rings (SSSR count). The zero-order chi connectivity index (χ0) is 20.8. The topological polar surface area (TPSA) is 36.4 Å². The van der Waals surface area contributed by atoms with Crippen LogP contribution in [0, 0.1) is 12.7 Å². The van der Waals surface area contributed by atoms with Gasteiger partial charge >= 0.3 is 0 Å². The highest BCUT2D eigenvalue weighted by Gasteiger charge is 2.20. The van der Waals surface area contributed by atoms with Crippen LogP contribution in [0.25, 0.3) is 10.2 Å². The molecule has 0 unspecified atom stereocenters. The second-order valence-corrected chi connectivity index (χ2v) is 9.35. The molecule has 0 saturated carbocycles. The molecule has 3 aromatic rings. The number of hydrogen-bond acceptors (Lipinski definition) is 5. The van der Waals surface area contributed by atoms with Crippen LogP contribution in [0.2, 0.25) is 0 Å². The number of aryl methyl sites for hydroxylation is 1. The van der Waals surface area contributed by atoms with Gasteiger partial charge in [-0.2, -0.15) is 0 Å². The number of rotatable bonds is 9. The van der Waals surface area contributed by atoms with Gasteiger partial charge in [0.2, 0.25) is 5.91 Å². The van der Waals surface area contributed by atoms with E-state index in [1.165, 1.54) is 12.1 Å². The molecule has 0 atom stereocenters. The Bertz CT molecular complexity index is 963. The first-order chi connectivity index (χ1) is 13.9. The number of carbonyl (C=O) groups excluding carboxylic acids is 1. The molecule has 0 radical (unpaired) electrons. The van der Waals surface area contributed by atoms with Gasteiger partial charge in [-0.25, -0.2) is 9.37 Å². The summed E-state index contributed by atoms with van der Waals surface area (Å²) in [6.45, 7) is 3.45. The first-order valence-electron chi connectivity index (χ1n) is 9.63. The van der Waals surface area contributed by atoms with Crippen LogP contribution in [-0.4, -0.2) is 48.7 Å². The third-order valence-corrected chi connectivity index (χ3v) is 6.67. The third kappa shape index (κ3) is 6.67. The molecule has 1 heterocycles. The lowest BCUT2D eigenvalue weighted by Crippen LogP contribution is -2.36. The van der Waals surface area contributed by atoms with E-state index in [4.69, 9.17) is 4.98 Å². The van der Waals surface area contributed by atoms with E-state index in [0.29, 0.717) is 13.0 Å². The summed E-state index contributed by atoms with van der Waals surface area (Å²) in [6.07, 6.45) is 1.24. The normalized spacial score (nSPS) is 11.0. The summed E-state index contributed by atoms with van der Waals surface area (Å²) in [5, 5.41) is 0.771. The van der Waals surface area contributed by atoms with Crippen molar-refractivity contribution >= 4 is 56.8 Å². The van der Waals surface area contributed by atoms with Crippen LogP contribution in [0.1, 0.15) is 18.4 Å². The van der Waals surface area contributed by atoms with Crippen molar-refractivity contribution in [1.29, 1.82) is 0 Å². The number of amides is 1. The number of nitrogens with zero attached hydrogens (tertiary/aromatic N) is 3. The maximum Gasteiger partial charge on any atom is 0.228 e. The number of likely N-dealkylation sites (N-methyl/N-ethyl adjacent to an activating group) is 1. The molecular formula is C22H27ClFN3OS2. The number of carbonyl (C=O) groups is 1. The Balaban J connectivity index is 0.00000320. The highest BCUT2D eigenvalue weighted by molar-refractivity contribution is 7.99. The maximum atomic E-state index is 13.0. The lowest BCUT2D eigenvalue weighted by atomic mass is 10.2. The summed E-state index contributed by atoms with van der Waals surface area (Å²) >= 11 is 3.22. The molecule has 0 saturated heterocycles. The van der Waals surface area contributed by atoms with Gasteiger partial charge in [0.05, 0.1) is 10.2 Å². The monoisotopic (exact) mass is 467 g/mol. The minimum absolute atomic E-state index is 0. The van der Waals surface area contributed by atoms with E-state index >= 15 is 0 Å². The van der Waals surface area contributed by atoms with Crippen molar-refractivity contribution < 1.29 is 9.18 Å². The Morgan fingerprint density at radius 3 is 2.53 bits per heavy atom. The number of hydrogen-bond donors (Lipinski definition) is 0. The zero-order valence-corrected chi connectivity index (χ0v) is 19.9. The second kappa shape index (κ2) is 11.6. The fourth-order valence-electron chi connectivity index (χ4n) is 2.90. The summed E-state index contributed by atoms with van der Waals surface area (Å²) in [5.41, 5.74) is 2.10. The average Bonchev–Trinajstić information content (AvgIpc) is 3.12. The van der Waals surface area contributed by atoms with Crippen molar-refractivity contribution in [2.45, 2.75) is 24.7 Å². The quantitative estimate of drug-likeness (QED) is 0.301. The van der Waals surface area contributed by atoms with E-state index in [1.807, 2.05) is 38.1 Å². The third-order valence-electron chi connectivity index (χ3n) is 4.53. The number of benzene rings is 2. The number of aromatic nitrogens is 1. The van der Waals surface area contributed by atoms with Crippen LogP contribution in [0.5, 0.6) is 0 Å². The summed E-state index contributed by atoms with van der Waals surface area (Å²) < 4.78 is 14.1. The van der Waals surface area contributed by atoms with Crippen LogP contribution < -0.4 is 4.90 Å². The van der Waals surface area contributed by atoms with Gasteiger partial charge in [0.1, 0.15) is 5.82 Å². The lowest BCUT2D eigenvalue weighted by Gasteiger charge is -2.22. The Kier molecular flexibility index (Phi) is 9.55. The van der Waals surface area contributed by atoms with E-state index < -0.39 is 0 Å². The maximum absolute atomic E-state index is 13.0. The fraction of sp³-hybridized carbons (Fsp3) is 0.364. The summed E-state index contributed by atoms with van der Waals surface area (Å²) in [7, 11) is 4.01. The van der Waals surface area contributed by atoms with Gasteiger partial charge in [0.15, 0.2) is 5.13 Å². The molecule has 0 aliphatic heterocycles. The SMILES string of the molecule is Cc1cccc2sc(N(CCN(C)C)C(=O)CCCSc3ccc(F)cc3)nc12.Cl. The van der Waals surface area contributed by atoms with Gasteiger partial charge in [0, 0.05) is 24.4 Å². The smallest absolute Gasteiger partial charge is 0.228 e. The van der Waals surface area contributed by atoms with E-state index in [9.17, 15) is 9.18 Å². The van der Waals surface area contributed by atoms with Gasteiger partial charge in [-0.15, -0.1) is 24.2 Å². The standard InChI is InChI=1S/C22H26FN3OS2.ClH/c1-16-6-4-7-19-21(16)24-22(29-19)26(14-13-25(2)3)20(27)8-5-15-28-18-11-9-17(23)10-12-18;/h4,6-7,9-12H,5,8,13-15H2,1-3H3;1H. The molecule has 30 heavy (non-hydrogen) atoms. The molecule has 1 amide bonds. The van der Waals surface area contributed by atoms with Gasteiger partial charge < -0.3 is 4.90 Å². The van der Waals surface area contributed by atoms with E-state index in [1.54, 1.807) is 35.2 Å². The number of halogens is 2. The minimum Gasteiger partial charge on any atom is -0.308 e. The van der Waals surface area contributed by atoms with E-state index in [-0.39, 0.29) is 24.1 Å². The zero-order valence-electron chi connectivity index (χ0n) is 17.4. The van der Waals surface area contributed by atoms with Crippen LogP contribution in [0.3, 0.4) is 0 Å². The van der Waals surface area contributed by atoms with Crippen LogP contribution >= 0.6 is 35.5 Å². The number of para-hydroxylation sites is 1. The van der Waals surface area contributed by atoms with Gasteiger partial charge in [-0.05, 0) is 69.1 Å². The average molecular weight is 468 g/mol. The van der Waals surface area contributed by atoms with Crippen molar-refractivity contribution in [1.82, 2.24) is 9.88 Å². The Morgan fingerprint density at radius 1 is 1.13 bits per heavy atom. The molecule has 0 spiro atoms. The van der Waals surface area contributed by atoms with Crippen molar-refractivity contribution in [3.05, 3.63) is 53.8 Å². The van der Waals surface area contributed by atoms with Crippen LogP contribution in [-0.2, 0) is 4.79 Å². The first kappa shape index (κ1) is 24.6. The predicted octanol–water partition coefficient (Wildman–Crippen LogP) is 5.63. The number of thioether (sulfide) groups is 1. The summed E-state index contributed by atoms with van der Waals surface area (Å²) in [4.78, 5) is 22.7. The first-order valence-corrected chi connectivity index (χ1v) is 11.4. The van der Waals surface area contributed by atoms with Gasteiger partial charge in [-0.3, -0.25) is 9.69 Å². The van der Waals surface area contributed by atoms with Crippen LogP contribution in [0.4, 0.5) is 9.52 Å². The Hall–Kier alpha value is -1.67. The molecule has 0 fully saturated rings. The molecule has 1 aromatic heterocycles. The largest absolute Gasteiger partial charge is 0.308 e. The summed E-state index contributed by atoms with van der Waals surface area (Å²) in [5.74, 6) is 0.688. The number of fused-ring (bicyclic) bond motifs is 1. The van der Waals surface area contributed by atoms with Crippen molar-refractivity contribution in [2.75, 3.05) is 37.8 Å². The Labute approximate surface area is 191 Å². The molecule has 2 aromatic carbocycles. The molecular weight excluding hydrogens is 441 g/mol. The minimum atomic E-state index is -0.230. The molecule has 0 bridgehead atoms. The molecule has 8 heteroatoms.